The van der Waals surface area contributed by atoms with Gasteiger partial charge in [-0.3, -0.25) is 10.1 Å². The summed E-state index contributed by atoms with van der Waals surface area (Å²) in [5.41, 5.74) is 0.815. The van der Waals surface area contributed by atoms with E-state index in [4.69, 9.17) is 4.42 Å². The van der Waals surface area contributed by atoms with E-state index in [0.29, 0.717) is 5.75 Å². The molecule has 0 saturated carbocycles. The monoisotopic (exact) mass is 264 g/mol. The molecule has 94 valence electrons. The van der Waals surface area contributed by atoms with Crippen LogP contribution in [0.15, 0.2) is 45.9 Å². The predicted octanol–water partition coefficient (Wildman–Crippen LogP) is 3.52. The number of nitrogens with one attached hydrogen (secondary N) is 1. The quantitative estimate of drug-likeness (QED) is 0.508. The van der Waals surface area contributed by atoms with Crippen LogP contribution in [0.25, 0.3) is 0 Å². The molecule has 5 nitrogen and oxygen atoms in total. The summed E-state index contributed by atoms with van der Waals surface area (Å²) < 4.78 is 5.22. The van der Waals surface area contributed by atoms with Crippen molar-refractivity contribution in [3.63, 3.8) is 0 Å². The summed E-state index contributed by atoms with van der Waals surface area (Å²) in [5, 5.41) is 13.7. The van der Waals surface area contributed by atoms with Gasteiger partial charge in [0.1, 0.15) is 5.76 Å². The zero-order chi connectivity index (χ0) is 13.0. The van der Waals surface area contributed by atoms with Crippen molar-refractivity contribution < 1.29 is 9.34 Å². The van der Waals surface area contributed by atoms with Crippen LogP contribution in [0.4, 0.5) is 11.4 Å². The standard InChI is InChI=1S/C12H12N2O3S/c1-13-9-5-10(14(15)16)7-12(6-9)18-8-11-3-2-4-17-11/h2-7,13H,8H2,1H3. The van der Waals surface area contributed by atoms with Crippen LogP contribution in [0.1, 0.15) is 5.76 Å². The van der Waals surface area contributed by atoms with Crippen LogP contribution >= 0.6 is 11.8 Å². The molecule has 1 aromatic carbocycles. The van der Waals surface area contributed by atoms with Gasteiger partial charge in [0.25, 0.3) is 5.69 Å². The molecular weight excluding hydrogens is 252 g/mol. The van der Waals surface area contributed by atoms with E-state index in [1.165, 1.54) is 17.8 Å². The first kappa shape index (κ1) is 12.5. The van der Waals surface area contributed by atoms with Crippen LogP contribution in [-0.4, -0.2) is 12.0 Å². The summed E-state index contributed by atoms with van der Waals surface area (Å²) in [6.45, 7) is 0. The van der Waals surface area contributed by atoms with Crippen molar-refractivity contribution in [1.82, 2.24) is 0 Å². The number of rotatable bonds is 5. The van der Waals surface area contributed by atoms with E-state index >= 15 is 0 Å². The molecule has 0 unspecified atom stereocenters. The number of furan rings is 1. The first-order chi connectivity index (χ1) is 8.69. The fourth-order valence-electron chi connectivity index (χ4n) is 1.47. The van der Waals surface area contributed by atoms with Crippen LogP contribution in [0.3, 0.4) is 0 Å². The average molecular weight is 264 g/mol. The van der Waals surface area contributed by atoms with E-state index in [1.54, 1.807) is 19.4 Å². The number of nitro benzene ring substituents is 1. The van der Waals surface area contributed by atoms with Gasteiger partial charge in [-0.25, -0.2) is 0 Å². The number of thioether (sulfide) groups is 1. The van der Waals surface area contributed by atoms with Crippen molar-refractivity contribution in [1.29, 1.82) is 0 Å². The first-order valence-corrected chi connectivity index (χ1v) is 6.30. The second kappa shape index (κ2) is 5.59. The summed E-state index contributed by atoms with van der Waals surface area (Å²) in [7, 11) is 1.74. The number of hydrogen-bond acceptors (Lipinski definition) is 5. The summed E-state index contributed by atoms with van der Waals surface area (Å²) in [5.74, 6) is 1.50. The number of anilines is 1. The van der Waals surface area contributed by atoms with Gasteiger partial charge in [0.15, 0.2) is 0 Å². The van der Waals surface area contributed by atoms with E-state index in [2.05, 4.69) is 5.32 Å². The Morgan fingerprint density at radius 2 is 2.28 bits per heavy atom. The normalized spacial score (nSPS) is 10.3. The average Bonchev–Trinajstić information content (AvgIpc) is 2.89. The largest absolute Gasteiger partial charge is 0.468 e. The van der Waals surface area contributed by atoms with Crippen molar-refractivity contribution in [2.24, 2.45) is 0 Å². The van der Waals surface area contributed by atoms with Gasteiger partial charge in [-0.1, -0.05) is 0 Å². The number of nitro groups is 1. The van der Waals surface area contributed by atoms with Gasteiger partial charge in [0.05, 0.1) is 16.9 Å². The van der Waals surface area contributed by atoms with Gasteiger partial charge in [0, 0.05) is 29.8 Å². The second-order valence-corrected chi connectivity index (χ2v) is 4.64. The smallest absolute Gasteiger partial charge is 0.272 e. The molecule has 6 heteroatoms. The Bertz CT molecular complexity index is 540. The van der Waals surface area contributed by atoms with Crippen LogP contribution in [-0.2, 0) is 5.75 Å². The van der Waals surface area contributed by atoms with E-state index in [9.17, 15) is 10.1 Å². The molecule has 0 fully saturated rings. The lowest BCUT2D eigenvalue weighted by Gasteiger charge is -2.04. The lowest BCUT2D eigenvalue weighted by atomic mass is 10.3. The maximum Gasteiger partial charge on any atom is 0.272 e. The molecule has 1 aromatic heterocycles. The Kier molecular flexibility index (Phi) is 3.88. The van der Waals surface area contributed by atoms with Gasteiger partial charge in [-0.15, -0.1) is 11.8 Å². The molecule has 0 aliphatic carbocycles. The molecule has 2 rings (SSSR count). The second-order valence-electron chi connectivity index (χ2n) is 3.59. The number of nitrogens with zero attached hydrogens (tertiary/aromatic N) is 1. The van der Waals surface area contributed by atoms with Gasteiger partial charge in [0.2, 0.25) is 0 Å². The van der Waals surface area contributed by atoms with Crippen LogP contribution < -0.4 is 5.32 Å². The highest BCUT2D eigenvalue weighted by Gasteiger charge is 2.10. The maximum absolute atomic E-state index is 10.8. The Hall–Kier alpha value is -1.95. The van der Waals surface area contributed by atoms with Crippen molar-refractivity contribution >= 4 is 23.1 Å². The van der Waals surface area contributed by atoms with Crippen molar-refractivity contribution in [3.05, 3.63) is 52.5 Å². The molecular formula is C12H12N2O3S. The summed E-state index contributed by atoms with van der Waals surface area (Å²) in [4.78, 5) is 11.3. The Labute approximate surface area is 108 Å². The highest BCUT2D eigenvalue weighted by atomic mass is 32.2. The minimum absolute atomic E-state index is 0.0868. The van der Waals surface area contributed by atoms with Crippen LogP contribution in [0, 0.1) is 10.1 Å². The van der Waals surface area contributed by atoms with Crippen molar-refractivity contribution in [2.45, 2.75) is 10.6 Å². The minimum atomic E-state index is -0.391. The van der Waals surface area contributed by atoms with Crippen LogP contribution in [0.2, 0.25) is 0 Å². The zero-order valence-corrected chi connectivity index (χ0v) is 10.6. The fourth-order valence-corrected chi connectivity index (χ4v) is 2.35. The topological polar surface area (TPSA) is 68.3 Å². The molecule has 0 aliphatic rings. The molecule has 0 bridgehead atoms. The molecule has 0 atom stereocenters. The molecule has 0 aliphatic heterocycles. The molecule has 1 N–H and O–H groups in total. The predicted molar refractivity (Wildman–Crippen MR) is 70.9 cm³/mol. The lowest BCUT2D eigenvalue weighted by Crippen LogP contribution is -1.93. The SMILES string of the molecule is CNc1cc(SCc2ccco2)cc([N+](=O)[O-])c1. The molecule has 0 spiro atoms. The first-order valence-electron chi connectivity index (χ1n) is 5.31. The molecule has 18 heavy (non-hydrogen) atoms. The van der Waals surface area contributed by atoms with Gasteiger partial charge in [-0.2, -0.15) is 0 Å². The number of benzene rings is 1. The van der Waals surface area contributed by atoms with Gasteiger partial charge >= 0.3 is 0 Å². The molecule has 1 heterocycles. The third-order valence-corrected chi connectivity index (χ3v) is 3.35. The van der Waals surface area contributed by atoms with Gasteiger partial charge in [-0.05, 0) is 18.2 Å². The highest BCUT2D eigenvalue weighted by molar-refractivity contribution is 7.98. The zero-order valence-electron chi connectivity index (χ0n) is 9.75. The Balaban J connectivity index is 2.16. The highest BCUT2D eigenvalue weighted by Crippen LogP contribution is 2.29. The van der Waals surface area contributed by atoms with Gasteiger partial charge < -0.3 is 9.73 Å². The third kappa shape index (κ3) is 3.04. The maximum atomic E-state index is 10.8. The number of non-ortho nitro benzene ring substituents is 1. The van der Waals surface area contributed by atoms with E-state index in [0.717, 1.165) is 16.3 Å². The van der Waals surface area contributed by atoms with E-state index in [1.807, 2.05) is 18.2 Å². The summed E-state index contributed by atoms with van der Waals surface area (Å²) >= 11 is 1.50. The molecule has 0 saturated heterocycles. The molecule has 0 amide bonds. The van der Waals surface area contributed by atoms with Crippen LogP contribution in [0.5, 0.6) is 0 Å². The van der Waals surface area contributed by atoms with E-state index < -0.39 is 4.92 Å². The Morgan fingerprint density at radius 1 is 1.44 bits per heavy atom. The minimum Gasteiger partial charge on any atom is -0.468 e. The Morgan fingerprint density at radius 3 is 2.89 bits per heavy atom. The molecule has 0 radical (unpaired) electrons. The molecule has 2 aromatic rings. The number of hydrogen-bond donors (Lipinski definition) is 1. The third-order valence-electron chi connectivity index (χ3n) is 2.35. The van der Waals surface area contributed by atoms with Crippen molar-refractivity contribution in [3.8, 4) is 0 Å². The summed E-state index contributed by atoms with van der Waals surface area (Å²) in [6, 6.07) is 8.65. The lowest BCUT2D eigenvalue weighted by molar-refractivity contribution is -0.385. The van der Waals surface area contributed by atoms with E-state index in [-0.39, 0.29) is 5.69 Å². The van der Waals surface area contributed by atoms with Crippen molar-refractivity contribution in [2.75, 3.05) is 12.4 Å². The fraction of sp³-hybridized carbons (Fsp3) is 0.167. The summed E-state index contributed by atoms with van der Waals surface area (Å²) in [6.07, 6.45) is 1.61.